The summed E-state index contributed by atoms with van der Waals surface area (Å²) >= 11 is 12.1. The van der Waals surface area contributed by atoms with Gasteiger partial charge in [0.2, 0.25) is 12.0 Å². The van der Waals surface area contributed by atoms with Crippen LogP contribution >= 0.6 is 23.2 Å². The van der Waals surface area contributed by atoms with Crippen molar-refractivity contribution in [2.75, 3.05) is 12.4 Å². The highest BCUT2D eigenvalue weighted by Crippen LogP contribution is 2.40. The Morgan fingerprint density at radius 1 is 0.862 bits per heavy atom. The van der Waals surface area contributed by atoms with Gasteiger partial charge in [0.1, 0.15) is 30.2 Å². The van der Waals surface area contributed by atoms with Crippen molar-refractivity contribution >= 4 is 52.8 Å². The number of esters is 1. The fraction of sp³-hybridized carbons (Fsp3) is 0.244. The standard InChI is InChI=1S/C45H41Cl2N3O8/c1-26(2)57-45(54)50-24-33-23-40-37(48-43(52)41(58-40)31-14-16-34(17-15-31)56-25-28-11-18-35(46)36(47)19-28)21-32(33)22-39(50)42(51)49-38(44(53)55-3)20-27-9-12-30(13-10-27)29-7-5-4-6-8-29/h4-19,21,23,26,38-39,41H,20,22,24-25H2,1-3H3,(H,48,52)(H,49,51)/t38-,39?,41-/m0/s1. The SMILES string of the molecule is COC(=O)[C@H](Cc1ccc(-c2ccccc2)cc1)NC(=O)C1Cc2cc3c(cc2CN1C(=O)OC(C)C)O[C@@H](c1ccc(OCc2ccc(Cl)c(Cl)c2)cc1)C(=O)N3. The van der Waals surface area contributed by atoms with E-state index in [1.165, 1.54) is 12.0 Å². The second-order valence-electron chi connectivity index (χ2n) is 14.3. The van der Waals surface area contributed by atoms with Crippen LogP contribution in [0, 0.1) is 0 Å². The molecule has 0 radical (unpaired) electrons. The molecule has 2 aliphatic heterocycles. The number of fused-ring (bicyclic) bond motifs is 2. The van der Waals surface area contributed by atoms with E-state index in [0.717, 1.165) is 27.8 Å². The molecule has 5 aromatic carbocycles. The minimum absolute atomic E-state index is 0.0168. The Kier molecular flexibility index (Phi) is 12.2. The molecule has 3 atom stereocenters. The summed E-state index contributed by atoms with van der Waals surface area (Å²) in [6.45, 7) is 3.74. The highest BCUT2D eigenvalue weighted by atomic mass is 35.5. The van der Waals surface area contributed by atoms with Crippen molar-refractivity contribution in [3.8, 4) is 22.6 Å². The first-order valence-electron chi connectivity index (χ1n) is 18.8. The zero-order chi connectivity index (χ0) is 40.9. The van der Waals surface area contributed by atoms with Crippen LogP contribution < -0.4 is 20.1 Å². The van der Waals surface area contributed by atoms with E-state index in [1.54, 1.807) is 62.4 Å². The average molecular weight is 823 g/mol. The summed E-state index contributed by atoms with van der Waals surface area (Å²) in [6, 6.07) is 31.4. The Hall–Kier alpha value is -6.04. The van der Waals surface area contributed by atoms with E-state index >= 15 is 0 Å². The molecule has 3 amide bonds. The minimum atomic E-state index is -1.03. The zero-order valence-electron chi connectivity index (χ0n) is 32.0. The van der Waals surface area contributed by atoms with Crippen LogP contribution in [0.2, 0.25) is 10.0 Å². The van der Waals surface area contributed by atoms with E-state index < -0.39 is 42.3 Å². The van der Waals surface area contributed by atoms with E-state index in [2.05, 4.69) is 10.6 Å². The quantitative estimate of drug-likeness (QED) is 0.127. The first-order valence-corrected chi connectivity index (χ1v) is 19.5. The van der Waals surface area contributed by atoms with Crippen molar-refractivity contribution in [2.24, 2.45) is 0 Å². The van der Waals surface area contributed by atoms with E-state index in [1.807, 2.05) is 60.7 Å². The van der Waals surface area contributed by atoms with Crippen LogP contribution in [-0.2, 0) is 49.9 Å². The smallest absolute Gasteiger partial charge is 0.411 e. The van der Waals surface area contributed by atoms with Crippen LogP contribution in [0.3, 0.4) is 0 Å². The molecule has 2 aliphatic rings. The molecule has 58 heavy (non-hydrogen) atoms. The third kappa shape index (κ3) is 9.22. The zero-order valence-corrected chi connectivity index (χ0v) is 33.5. The van der Waals surface area contributed by atoms with Crippen LogP contribution in [0.5, 0.6) is 11.5 Å². The monoisotopic (exact) mass is 821 g/mol. The fourth-order valence-corrected chi connectivity index (χ4v) is 7.26. The molecular formula is C45H41Cl2N3O8. The van der Waals surface area contributed by atoms with Gasteiger partial charge in [0, 0.05) is 18.4 Å². The predicted octanol–water partition coefficient (Wildman–Crippen LogP) is 8.48. The van der Waals surface area contributed by atoms with Crippen molar-refractivity contribution in [2.45, 2.75) is 64.1 Å². The van der Waals surface area contributed by atoms with Crippen LogP contribution in [0.4, 0.5) is 10.5 Å². The van der Waals surface area contributed by atoms with Crippen LogP contribution in [0.1, 0.15) is 47.8 Å². The third-order valence-electron chi connectivity index (χ3n) is 9.92. The molecule has 0 bridgehead atoms. The second kappa shape index (κ2) is 17.6. The van der Waals surface area contributed by atoms with Gasteiger partial charge in [0.05, 0.1) is 35.5 Å². The number of nitrogens with one attached hydrogen (secondary N) is 2. The van der Waals surface area contributed by atoms with Crippen LogP contribution in [0.15, 0.2) is 109 Å². The van der Waals surface area contributed by atoms with Gasteiger partial charge in [0.15, 0.2) is 0 Å². The summed E-state index contributed by atoms with van der Waals surface area (Å²) < 4.78 is 22.8. The lowest BCUT2D eigenvalue weighted by Crippen LogP contribution is -2.56. The van der Waals surface area contributed by atoms with Gasteiger partial charge < -0.3 is 29.6 Å². The average Bonchev–Trinajstić information content (AvgIpc) is 3.22. The number of anilines is 1. The number of carbonyl (C=O) groups excluding carboxylic acids is 4. The number of halogens is 2. The maximum Gasteiger partial charge on any atom is 0.411 e. The molecule has 1 unspecified atom stereocenters. The summed E-state index contributed by atoms with van der Waals surface area (Å²) in [5.41, 5.74) is 6.21. The molecule has 11 nitrogen and oxygen atoms in total. The minimum Gasteiger partial charge on any atom is -0.489 e. The van der Waals surface area contributed by atoms with Gasteiger partial charge in [-0.05, 0) is 83.6 Å². The Labute approximate surface area is 346 Å². The van der Waals surface area contributed by atoms with E-state index in [9.17, 15) is 19.2 Å². The lowest BCUT2D eigenvalue weighted by Gasteiger charge is -2.37. The lowest BCUT2D eigenvalue weighted by molar-refractivity contribution is -0.145. The highest BCUT2D eigenvalue weighted by Gasteiger charge is 2.39. The van der Waals surface area contributed by atoms with Gasteiger partial charge in [-0.3, -0.25) is 14.5 Å². The molecule has 0 spiro atoms. The van der Waals surface area contributed by atoms with Gasteiger partial charge in [-0.1, -0.05) is 96.0 Å². The third-order valence-corrected chi connectivity index (χ3v) is 10.7. The Balaban J connectivity index is 1.07. The Bertz CT molecular complexity index is 2320. The number of rotatable bonds is 11. The van der Waals surface area contributed by atoms with E-state index in [-0.39, 0.29) is 31.9 Å². The van der Waals surface area contributed by atoms with Gasteiger partial charge in [-0.15, -0.1) is 0 Å². The number of amides is 3. The highest BCUT2D eigenvalue weighted by molar-refractivity contribution is 6.42. The van der Waals surface area contributed by atoms with E-state index in [4.69, 9.17) is 42.1 Å². The summed E-state index contributed by atoms with van der Waals surface area (Å²) in [5.74, 6) is -0.552. The lowest BCUT2D eigenvalue weighted by atomic mass is 9.92. The number of methoxy groups -OCH3 is 1. The van der Waals surface area contributed by atoms with Crippen LogP contribution in [-0.4, -0.2) is 54.1 Å². The van der Waals surface area contributed by atoms with Crippen molar-refractivity contribution in [3.63, 3.8) is 0 Å². The summed E-state index contributed by atoms with van der Waals surface area (Å²) in [6.07, 6.45) is -1.83. The van der Waals surface area contributed by atoms with E-state index in [0.29, 0.717) is 38.4 Å². The van der Waals surface area contributed by atoms with Crippen molar-refractivity contribution in [1.82, 2.24) is 10.2 Å². The molecule has 0 aromatic heterocycles. The molecule has 13 heteroatoms. The Morgan fingerprint density at radius 2 is 1.57 bits per heavy atom. The molecule has 0 saturated carbocycles. The summed E-state index contributed by atoms with van der Waals surface area (Å²) in [7, 11) is 1.26. The number of hydrogen-bond donors (Lipinski definition) is 2. The van der Waals surface area contributed by atoms with Gasteiger partial charge in [0.25, 0.3) is 5.91 Å². The molecule has 0 fully saturated rings. The molecule has 298 valence electrons. The van der Waals surface area contributed by atoms with Gasteiger partial charge in [-0.25, -0.2) is 9.59 Å². The maximum absolute atomic E-state index is 14.1. The van der Waals surface area contributed by atoms with Crippen molar-refractivity contribution in [1.29, 1.82) is 0 Å². The molecular weight excluding hydrogens is 781 g/mol. The van der Waals surface area contributed by atoms with Gasteiger partial charge in [-0.2, -0.15) is 0 Å². The first-order chi connectivity index (χ1) is 27.9. The number of nitrogens with zero attached hydrogens (tertiary/aromatic N) is 1. The molecule has 7 rings (SSSR count). The van der Waals surface area contributed by atoms with Gasteiger partial charge >= 0.3 is 12.1 Å². The van der Waals surface area contributed by atoms with Crippen molar-refractivity contribution < 1.29 is 38.1 Å². The van der Waals surface area contributed by atoms with Crippen molar-refractivity contribution in [3.05, 3.63) is 147 Å². The summed E-state index contributed by atoms with van der Waals surface area (Å²) in [4.78, 5) is 55.4. The normalized spacial score (nSPS) is 16.2. The molecule has 0 aliphatic carbocycles. The van der Waals surface area contributed by atoms with Crippen LogP contribution in [0.25, 0.3) is 11.1 Å². The fourth-order valence-electron chi connectivity index (χ4n) is 6.94. The number of ether oxygens (including phenoxy) is 4. The maximum atomic E-state index is 14.1. The molecule has 2 N–H and O–H groups in total. The number of carbonyl (C=O) groups is 4. The second-order valence-corrected chi connectivity index (χ2v) is 15.2. The first kappa shape index (κ1) is 40.2. The largest absolute Gasteiger partial charge is 0.489 e. The predicted molar refractivity (Wildman–Crippen MR) is 220 cm³/mol. The molecule has 5 aromatic rings. The topological polar surface area (TPSA) is 133 Å². The molecule has 2 heterocycles. The Morgan fingerprint density at radius 3 is 2.26 bits per heavy atom. The number of hydrogen-bond acceptors (Lipinski definition) is 8. The number of benzene rings is 5. The summed E-state index contributed by atoms with van der Waals surface area (Å²) in [5, 5.41) is 6.69. The molecule has 0 saturated heterocycles.